The first-order chi connectivity index (χ1) is 7.84. The summed E-state index contributed by atoms with van der Waals surface area (Å²) in [6.45, 7) is 1.72. The van der Waals surface area contributed by atoms with E-state index >= 15 is 0 Å². The first-order valence-electron chi connectivity index (χ1n) is 5.31. The van der Waals surface area contributed by atoms with Gasteiger partial charge in [0.1, 0.15) is 0 Å². The van der Waals surface area contributed by atoms with Gasteiger partial charge in [0.15, 0.2) is 5.96 Å². The van der Waals surface area contributed by atoms with Gasteiger partial charge in [-0.15, -0.1) is 0 Å². The number of aliphatic imine (C=N–C) groups is 1. The number of rotatable bonds is 1. The summed E-state index contributed by atoms with van der Waals surface area (Å²) in [6, 6.07) is 8.06. The van der Waals surface area contributed by atoms with Crippen LogP contribution in [0.1, 0.15) is 0 Å². The van der Waals surface area contributed by atoms with Crippen molar-refractivity contribution in [3.8, 4) is 0 Å². The number of anilines is 1. The fourth-order valence-corrected chi connectivity index (χ4v) is 1.84. The van der Waals surface area contributed by atoms with Crippen LogP contribution < -0.4 is 10.6 Å². The SMILES string of the molecule is Cn1c(NC2=NCCN2)nc2ccccc21. The van der Waals surface area contributed by atoms with Crippen molar-refractivity contribution in [3.63, 3.8) is 0 Å². The lowest BCUT2D eigenvalue weighted by atomic mass is 10.3. The number of guanidine groups is 1. The Bertz CT molecular complexity index is 555. The number of aromatic nitrogens is 2. The zero-order valence-electron chi connectivity index (χ0n) is 9.07. The fraction of sp³-hybridized carbons (Fsp3) is 0.273. The van der Waals surface area contributed by atoms with E-state index in [4.69, 9.17) is 0 Å². The molecule has 0 bridgehead atoms. The standard InChI is InChI=1S/C11H13N5/c1-16-9-5-3-2-4-8(9)14-11(16)15-10-12-6-7-13-10/h2-5H,6-7H2,1H3,(H2,12,13,14,15). The van der Waals surface area contributed by atoms with Crippen LogP contribution in [-0.4, -0.2) is 28.6 Å². The molecule has 0 saturated carbocycles. The zero-order valence-corrected chi connectivity index (χ0v) is 9.07. The molecular formula is C11H13N5. The molecule has 0 radical (unpaired) electrons. The van der Waals surface area contributed by atoms with Gasteiger partial charge in [-0.1, -0.05) is 12.1 Å². The molecule has 0 unspecified atom stereocenters. The molecule has 0 amide bonds. The van der Waals surface area contributed by atoms with Gasteiger partial charge < -0.3 is 9.88 Å². The third-order valence-electron chi connectivity index (χ3n) is 2.69. The molecule has 1 aromatic heterocycles. The monoisotopic (exact) mass is 215 g/mol. The van der Waals surface area contributed by atoms with Crippen molar-refractivity contribution in [2.45, 2.75) is 0 Å². The van der Waals surface area contributed by atoms with Gasteiger partial charge in [0.05, 0.1) is 17.6 Å². The Balaban J connectivity index is 2.00. The van der Waals surface area contributed by atoms with Crippen molar-refractivity contribution in [1.29, 1.82) is 0 Å². The number of hydrogen-bond donors (Lipinski definition) is 2. The molecule has 16 heavy (non-hydrogen) atoms. The third kappa shape index (κ3) is 1.41. The average molecular weight is 215 g/mol. The molecule has 0 saturated heterocycles. The van der Waals surface area contributed by atoms with Gasteiger partial charge in [0, 0.05) is 13.6 Å². The molecule has 1 aliphatic rings. The highest BCUT2D eigenvalue weighted by atomic mass is 15.3. The van der Waals surface area contributed by atoms with E-state index in [1.165, 1.54) is 0 Å². The highest BCUT2D eigenvalue weighted by molar-refractivity contribution is 5.94. The van der Waals surface area contributed by atoms with Crippen LogP contribution in [0.4, 0.5) is 5.95 Å². The number of nitrogens with zero attached hydrogens (tertiary/aromatic N) is 3. The van der Waals surface area contributed by atoms with Gasteiger partial charge in [-0.3, -0.25) is 10.3 Å². The zero-order chi connectivity index (χ0) is 11.0. The summed E-state index contributed by atoms with van der Waals surface area (Å²) < 4.78 is 2.03. The van der Waals surface area contributed by atoms with Crippen LogP contribution in [0.3, 0.4) is 0 Å². The average Bonchev–Trinajstić information content (AvgIpc) is 2.90. The highest BCUT2D eigenvalue weighted by Gasteiger charge is 2.10. The summed E-state index contributed by atoms with van der Waals surface area (Å²) in [5.74, 6) is 1.62. The van der Waals surface area contributed by atoms with Crippen molar-refractivity contribution >= 4 is 22.9 Å². The Morgan fingerprint density at radius 1 is 1.38 bits per heavy atom. The molecule has 2 heterocycles. The van der Waals surface area contributed by atoms with Gasteiger partial charge in [0.2, 0.25) is 5.95 Å². The van der Waals surface area contributed by atoms with Crippen LogP contribution in [0.2, 0.25) is 0 Å². The van der Waals surface area contributed by atoms with Gasteiger partial charge >= 0.3 is 0 Å². The number of fused-ring (bicyclic) bond motifs is 1. The second kappa shape index (κ2) is 3.52. The summed E-state index contributed by atoms with van der Waals surface area (Å²) in [4.78, 5) is 8.79. The first kappa shape index (κ1) is 9.21. The second-order valence-electron chi connectivity index (χ2n) is 3.77. The smallest absolute Gasteiger partial charge is 0.210 e. The Morgan fingerprint density at radius 3 is 3.00 bits per heavy atom. The summed E-state index contributed by atoms with van der Waals surface area (Å²) in [5.41, 5.74) is 2.11. The lowest BCUT2D eigenvalue weighted by Crippen LogP contribution is -2.27. The van der Waals surface area contributed by atoms with Gasteiger partial charge in [-0.25, -0.2) is 4.98 Å². The molecule has 0 atom stereocenters. The molecular weight excluding hydrogens is 202 g/mol. The van der Waals surface area contributed by atoms with E-state index in [0.29, 0.717) is 0 Å². The molecule has 5 nitrogen and oxygen atoms in total. The fourth-order valence-electron chi connectivity index (χ4n) is 1.84. The van der Waals surface area contributed by atoms with Crippen molar-refractivity contribution in [2.24, 2.45) is 12.0 Å². The van der Waals surface area contributed by atoms with E-state index in [1.54, 1.807) is 0 Å². The normalized spacial score (nSPS) is 14.9. The number of benzene rings is 1. The Hall–Kier alpha value is -2.04. The summed E-state index contributed by atoms with van der Waals surface area (Å²) in [5, 5.41) is 6.35. The van der Waals surface area contributed by atoms with E-state index in [-0.39, 0.29) is 0 Å². The van der Waals surface area contributed by atoms with Crippen molar-refractivity contribution in [3.05, 3.63) is 24.3 Å². The van der Waals surface area contributed by atoms with E-state index < -0.39 is 0 Å². The van der Waals surface area contributed by atoms with Crippen molar-refractivity contribution < 1.29 is 0 Å². The quantitative estimate of drug-likeness (QED) is 0.744. The number of aryl methyl sites for hydroxylation is 1. The summed E-state index contributed by atoms with van der Waals surface area (Å²) >= 11 is 0. The molecule has 2 aromatic rings. The topological polar surface area (TPSA) is 54.2 Å². The third-order valence-corrected chi connectivity index (χ3v) is 2.69. The molecule has 82 valence electrons. The molecule has 1 aromatic carbocycles. The van der Waals surface area contributed by atoms with Crippen molar-refractivity contribution in [1.82, 2.24) is 14.9 Å². The molecule has 1 aliphatic heterocycles. The Kier molecular flexibility index (Phi) is 2.02. The second-order valence-corrected chi connectivity index (χ2v) is 3.77. The van der Waals surface area contributed by atoms with E-state index in [0.717, 1.165) is 36.0 Å². The maximum Gasteiger partial charge on any atom is 0.210 e. The Morgan fingerprint density at radius 2 is 2.25 bits per heavy atom. The number of para-hydroxylation sites is 2. The van der Waals surface area contributed by atoms with Crippen LogP contribution >= 0.6 is 0 Å². The van der Waals surface area contributed by atoms with E-state index in [9.17, 15) is 0 Å². The molecule has 3 rings (SSSR count). The first-order valence-corrected chi connectivity index (χ1v) is 5.31. The number of imidazole rings is 1. The Labute approximate surface area is 93.2 Å². The molecule has 0 fully saturated rings. The van der Waals surface area contributed by atoms with Gasteiger partial charge in [0.25, 0.3) is 0 Å². The van der Waals surface area contributed by atoms with E-state index in [2.05, 4.69) is 26.7 Å². The predicted molar refractivity (Wildman–Crippen MR) is 64.6 cm³/mol. The van der Waals surface area contributed by atoms with Crippen LogP contribution in [0, 0.1) is 0 Å². The summed E-state index contributed by atoms with van der Waals surface area (Å²) in [6.07, 6.45) is 0. The minimum absolute atomic E-state index is 0.804. The maximum atomic E-state index is 4.51. The number of nitrogens with one attached hydrogen (secondary N) is 2. The molecule has 2 N–H and O–H groups in total. The highest BCUT2D eigenvalue weighted by Crippen LogP contribution is 2.17. The van der Waals surface area contributed by atoms with Crippen LogP contribution in [-0.2, 0) is 7.05 Å². The number of hydrogen-bond acceptors (Lipinski definition) is 4. The minimum Gasteiger partial charge on any atom is -0.354 e. The predicted octanol–water partition coefficient (Wildman–Crippen LogP) is 0.944. The summed E-state index contributed by atoms with van der Waals surface area (Å²) in [7, 11) is 1.99. The van der Waals surface area contributed by atoms with Crippen LogP contribution in [0.25, 0.3) is 11.0 Å². The lowest BCUT2D eigenvalue weighted by molar-refractivity contribution is 0.944. The lowest BCUT2D eigenvalue weighted by Gasteiger charge is -2.05. The van der Waals surface area contributed by atoms with Crippen LogP contribution in [0.5, 0.6) is 0 Å². The molecule has 0 spiro atoms. The molecule has 5 heteroatoms. The largest absolute Gasteiger partial charge is 0.354 e. The van der Waals surface area contributed by atoms with E-state index in [1.807, 2.05) is 29.8 Å². The molecule has 0 aliphatic carbocycles. The van der Waals surface area contributed by atoms with Crippen molar-refractivity contribution in [2.75, 3.05) is 18.4 Å². The minimum atomic E-state index is 0.804. The maximum absolute atomic E-state index is 4.51. The van der Waals surface area contributed by atoms with Gasteiger partial charge in [-0.2, -0.15) is 0 Å². The van der Waals surface area contributed by atoms with Gasteiger partial charge in [-0.05, 0) is 12.1 Å². The van der Waals surface area contributed by atoms with Crippen LogP contribution in [0.15, 0.2) is 29.3 Å².